The summed E-state index contributed by atoms with van der Waals surface area (Å²) in [7, 11) is 0. The first-order chi connectivity index (χ1) is 16.4. The van der Waals surface area contributed by atoms with Crippen LogP contribution < -0.4 is 0 Å². The molecule has 0 fully saturated rings. The molecule has 162 valence electrons. The quantitative estimate of drug-likeness (QED) is 0.257. The smallest absolute Gasteiger partial charge is 0.289 e. The summed E-state index contributed by atoms with van der Waals surface area (Å²) in [5.74, 6) is -0.821. The topological polar surface area (TPSA) is 120 Å². The van der Waals surface area contributed by atoms with Crippen molar-refractivity contribution in [1.82, 2.24) is 0 Å². The van der Waals surface area contributed by atoms with E-state index in [2.05, 4.69) is 0 Å². The summed E-state index contributed by atoms with van der Waals surface area (Å²) < 4.78 is 0. The number of nitro benzene ring substituents is 2. The lowest BCUT2D eigenvalue weighted by Gasteiger charge is -2.13. The molecule has 0 heterocycles. The van der Waals surface area contributed by atoms with Crippen LogP contribution in [0.4, 0.5) is 11.4 Å². The third kappa shape index (κ3) is 2.42. The first-order valence-electron chi connectivity index (χ1n) is 10.3. The summed E-state index contributed by atoms with van der Waals surface area (Å²) in [4.78, 5) is 49.3. The summed E-state index contributed by atoms with van der Waals surface area (Å²) >= 11 is 0. The van der Waals surface area contributed by atoms with Crippen LogP contribution >= 0.6 is 0 Å². The number of fused-ring (bicyclic) bond motifs is 6. The van der Waals surface area contributed by atoms with Gasteiger partial charge in [0.15, 0.2) is 11.6 Å². The minimum atomic E-state index is -0.851. The molecule has 2 aliphatic rings. The van der Waals surface area contributed by atoms with Crippen molar-refractivity contribution in [2.75, 3.05) is 0 Å². The van der Waals surface area contributed by atoms with Gasteiger partial charge in [0.2, 0.25) is 0 Å². The molecule has 0 bridgehead atoms. The van der Waals surface area contributed by atoms with Gasteiger partial charge in [-0.05, 0) is 16.7 Å². The number of nitro groups is 2. The lowest BCUT2D eigenvalue weighted by Crippen LogP contribution is -2.07. The molecule has 0 unspecified atom stereocenters. The molecule has 0 N–H and O–H groups in total. The summed E-state index contributed by atoms with van der Waals surface area (Å²) in [6, 6.07) is 19.5. The third-order valence-electron chi connectivity index (χ3n) is 6.37. The zero-order chi connectivity index (χ0) is 23.7. The summed E-state index contributed by atoms with van der Waals surface area (Å²) in [5, 5.41) is 24.1. The molecule has 0 spiro atoms. The Morgan fingerprint density at radius 1 is 0.500 bits per heavy atom. The fourth-order valence-corrected chi connectivity index (χ4v) is 5.02. The van der Waals surface area contributed by atoms with Crippen LogP contribution in [0, 0.1) is 20.2 Å². The standard InChI is InChI=1S/C26H12N2O6/c29-25-16-8-3-1-6-13(16)15-10-5-11-18(21(15)25)22-23-19(12-20(27(31)32)24(22)28(33)34)14-7-2-4-9-17(14)26(23)30/h1-12H. The van der Waals surface area contributed by atoms with Crippen molar-refractivity contribution in [1.29, 1.82) is 0 Å². The molecule has 8 nitrogen and oxygen atoms in total. The highest BCUT2D eigenvalue weighted by molar-refractivity contribution is 6.29. The molecule has 34 heavy (non-hydrogen) atoms. The molecule has 0 saturated carbocycles. The number of hydrogen-bond donors (Lipinski definition) is 0. The maximum atomic E-state index is 13.5. The zero-order valence-electron chi connectivity index (χ0n) is 17.3. The van der Waals surface area contributed by atoms with Gasteiger partial charge in [0.25, 0.3) is 0 Å². The zero-order valence-corrected chi connectivity index (χ0v) is 17.3. The number of ketones is 2. The highest BCUT2D eigenvalue weighted by atomic mass is 16.6. The van der Waals surface area contributed by atoms with Gasteiger partial charge in [-0.25, -0.2) is 0 Å². The van der Waals surface area contributed by atoms with Gasteiger partial charge in [-0.15, -0.1) is 0 Å². The Labute approximate surface area is 191 Å². The molecule has 2 aliphatic carbocycles. The van der Waals surface area contributed by atoms with Gasteiger partial charge in [-0.2, -0.15) is 0 Å². The summed E-state index contributed by atoms with van der Waals surface area (Å²) in [6.07, 6.45) is 0. The summed E-state index contributed by atoms with van der Waals surface area (Å²) in [5.41, 5.74) is 1.26. The van der Waals surface area contributed by atoms with E-state index in [-0.39, 0.29) is 33.6 Å². The van der Waals surface area contributed by atoms with Gasteiger partial charge in [0, 0.05) is 39.4 Å². The second-order valence-electron chi connectivity index (χ2n) is 8.03. The SMILES string of the molecule is O=C1c2ccccc2-c2cccc(-c3c4c(cc([N+](=O)[O-])c3[N+](=O)[O-])-c3ccccc3C4=O)c21. The maximum Gasteiger partial charge on any atom is 0.354 e. The normalized spacial score (nSPS) is 12.7. The molecule has 8 heteroatoms. The fourth-order valence-electron chi connectivity index (χ4n) is 5.02. The van der Waals surface area contributed by atoms with Crippen LogP contribution in [-0.2, 0) is 0 Å². The van der Waals surface area contributed by atoms with Gasteiger partial charge in [0.1, 0.15) is 0 Å². The average molecular weight is 448 g/mol. The Hall–Kier alpha value is -4.98. The van der Waals surface area contributed by atoms with E-state index < -0.39 is 27.0 Å². The van der Waals surface area contributed by atoms with Crippen molar-refractivity contribution in [3.05, 3.63) is 115 Å². The number of benzene rings is 4. The first-order valence-corrected chi connectivity index (χ1v) is 10.3. The van der Waals surface area contributed by atoms with E-state index in [1.807, 2.05) is 0 Å². The highest BCUT2D eigenvalue weighted by Gasteiger charge is 2.42. The Morgan fingerprint density at radius 2 is 1.00 bits per heavy atom. The number of hydrogen-bond acceptors (Lipinski definition) is 6. The summed E-state index contributed by atoms with van der Waals surface area (Å²) in [6.45, 7) is 0. The molecule has 0 saturated heterocycles. The average Bonchev–Trinajstić information content (AvgIpc) is 3.30. The van der Waals surface area contributed by atoms with Gasteiger partial charge in [-0.1, -0.05) is 66.7 Å². The van der Waals surface area contributed by atoms with E-state index >= 15 is 0 Å². The monoisotopic (exact) mass is 448 g/mol. The lowest BCUT2D eigenvalue weighted by molar-refractivity contribution is -0.422. The fraction of sp³-hybridized carbons (Fsp3) is 0. The van der Waals surface area contributed by atoms with E-state index in [0.29, 0.717) is 27.8 Å². The van der Waals surface area contributed by atoms with Crippen LogP contribution in [0.1, 0.15) is 31.8 Å². The third-order valence-corrected chi connectivity index (χ3v) is 6.37. The van der Waals surface area contributed by atoms with Crippen LogP contribution in [0.15, 0.2) is 72.8 Å². The highest BCUT2D eigenvalue weighted by Crippen LogP contribution is 2.52. The Bertz CT molecular complexity index is 1650. The van der Waals surface area contributed by atoms with Crippen LogP contribution in [0.3, 0.4) is 0 Å². The molecule has 0 aromatic heterocycles. The van der Waals surface area contributed by atoms with Crippen LogP contribution in [0.25, 0.3) is 33.4 Å². The van der Waals surface area contributed by atoms with Crippen LogP contribution in [-0.4, -0.2) is 21.4 Å². The van der Waals surface area contributed by atoms with E-state index in [0.717, 1.165) is 6.07 Å². The van der Waals surface area contributed by atoms with E-state index in [1.54, 1.807) is 60.7 Å². The lowest BCUT2D eigenvalue weighted by atomic mass is 9.88. The van der Waals surface area contributed by atoms with Gasteiger partial charge < -0.3 is 0 Å². The Kier molecular flexibility index (Phi) is 3.91. The Morgan fingerprint density at radius 3 is 1.59 bits per heavy atom. The number of nitrogens with zero attached hydrogens (tertiary/aromatic N) is 2. The minimum absolute atomic E-state index is 0.00402. The van der Waals surface area contributed by atoms with Gasteiger partial charge >= 0.3 is 11.4 Å². The molecule has 0 amide bonds. The largest absolute Gasteiger partial charge is 0.354 e. The predicted octanol–water partition coefficient (Wildman–Crippen LogP) is 5.59. The molecule has 4 aromatic carbocycles. The van der Waals surface area contributed by atoms with Crippen molar-refractivity contribution < 1.29 is 19.4 Å². The molecule has 4 aromatic rings. The van der Waals surface area contributed by atoms with Gasteiger partial charge in [0.05, 0.1) is 15.4 Å². The Balaban J connectivity index is 1.78. The molecule has 0 atom stereocenters. The van der Waals surface area contributed by atoms with E-state index in [9.17, 15) is 29.8 Å². The van der Waals surface area contributed by atoms with Crippen molar-refractivity contribution in [2.24, 2.45) is 0 Å². The molecular formula is C26H12N2O6. The second kappa shape index (κ2) is 6.76. The van der Waals surface area contributed by atoms with Crippen molar-refractivity contribution in [3.63, 3.8) is 0 Å². The van der Waals surface area contributed by atoms with Crippen LogP contribution in [0.2, 0.25) is 0 Å². The molecule has 0 aliphatic heterocycles. The minimum Gasteiger partial charge on any atom is -0.289 e. The maximum absolute atomic E-state index is 13.5. The molecule has 0 radical (unpaired) electrons. The molecule has 6 rings (SSSR count). The van der Waals surface area contributed by atoms with E-state index in [1.165, 1.54) is 6.07 Å². The van der Waals surface area contributed by atoms with Crippen molar-refractivity contribution in [3.8, 4) is 33.4 Å². The van der Waals surface area contributed by atoms with E-state index in [4.69, 9.17) is 0 Å². The molecular weight excluding hydrogens is 436 g/mol. The second-order valence-corrected chi connectivity index (χ2v) is 8.03. The number of carbonyl (C=O) groups is 2. The van der Waals surface area contributed by atoms with Crippen molar-refractivity contribution >= 4 is 22.9 Å². The number of carbonyl (C=O) groups excluding carboxylic acids is 2. The van der Waals surface area contributed by atoms with Crippen molar-refractivity contribution in [2.45, 2.75) is 0 Å². The first kappa shape index (κ1) is 19.7. The van der Waals surface area contributed by atoms with Crippen LogP contribution in [0.5, 0.6) is 0 Å². The number of rotatable bonds is 3. The predicted molar refractivity (Wildman–Crippen MR) is 123 cm³/mol. The van der Waals surface area contributed by atoms with Gasteiger partial charge in [-0.3, -0.25) is 29.8 Å².